The van der Waals surface area contributed by atoms with Gasteiger partial charge in [0.2, 0.25) is 11.8 Å². The quantitative estimate of drug-likeness (QED) is 0.553. The highest BCUT2D eigenvalue weighted by Crippen LogP contribution is 2.48. The van der Waals surface area contributed by atoms with Crippen LogP contribution in [-0.2, 0) is 14.3 Å². The maximum Gasteiger partial charge on any atom is 0.408 e. The third-order valence-corrected chi connectivity index (χ3v) is 7.95. The summed E-state index contributed by atoms with van der Waals surface area (Å²) in [6.07, 6.45) is 1.49. The highest BCUT2D eigenvalue weighted by Gasteiger charge is 2.56. The fourth-order valence-electron chi connectivity index (χ4n) is 6.20. The summed E-state index contributed by atoms with van der Waals surface area (Å²) in [4.78, 5) is 45.3. The minimum absolute atomic E-state index is 0.0397. The van der Waals surface area contributed by atoms with Crippen LogP contribution in [0.15, 0.2) is 24.3 Å². The molecule has 2 bridgehead atoms. The van der Waals surface area contributed by atoms with Crippen molar-refractivity contribution in [2.24, 2.45) is 5.92 Å². The molecule has 0 radical (unpaired) electrons. The van der Waals surface area contributed by atoms with E-state index in [1.165, 1.54) is 0 Å². The molecule has 39 heavy (non-hydrogen) atoms. The van der Waals surface area contributed by atoms with Gasteiger partial charge in [-0.05, 0) is 80.6 Å². The van der Waals surface area contributed by atoms with Gasteiger partial charge in [-0.3, -0.25) is 14.5 Å². The Morgan fingerprint density at radius 1 is 1.23 bits per heavy atom. The van der Waals surface area contributed by atoms with Crippen LogP contribution in [-0.4, -0.2) is 97.2 Å². The number of ether oxygens (including phenoxy) is 1. The van der Waals surface area contributed by atoms with Crippen molar-refractivity contribution in [3.8, 4) is 17.5 Å². The Morgan fingerprint density at radius 2 is 2.00 bits per heavy atom. The lowest BCUT2D eigenvalue weighted by molar-refractivity contribution is -0.136. The second-order valence-corrected chi connectivity index (χ2v) is 11.8. The zero-order valence-electron chi connectivity index (χ0n) is 22.1. The van der Waals surface area contributed by atoms with Crippen LogP contribution in [0.25, 0.3) is 11.4 Å². The molecule has 1 aromatic carbocycles. The van der Waals surface area contributed by atoms with E-state index in [1.54, 1.807) is 25.7 Å². The van der Waals surface area contributed by atoms with Crippen LogP contribution >= 0.6 is 0 Å². The van der Waals surface area contributed by atoms with Crippen LogP contribution < -0.4 is 10.2 Å². The van der Waals surface area contributed by atoms with E-state index in [1.807, 2.05) is 34.1 Å². The van der Waals surface area contributed by atoms with Crippen molar-refractivity contribution in [2.75, 3.05) is 18.0 Å². The van der Waals surface area contributed by atoms with Crippen LogP contribution in [0, 0.1) is 17.2 Å². The normalized spacial score (nSPS) is 28.3. The van der Waals surface area contributed by atoms with Crippen LogP contribution in [0.4, 0.5) is 10.5 Å². The number of nitriles is 1. The predicted molar refractivity (Wildman–Crippen MR) is 137 cm³/mol. The second kappa shape index (κ2) is 9.30. The minimum atomic E-state index is -0.926. The van der Waals surface area contributed by atoms with E-state index >= 15 is 0 Å². The van der Waals surface area contributed by atoms with Gasteiger partial charge >= 0.3 is 6.09 Å². The molecule has 13 heteroatoms. The maximum absolute atomic E-state index is 13.7. The average molecular weight is 534 g/mol. The minimum Gasteiger partial charge on any atom is -0.444 e. The summed E-state index contributed by atoms with van der Waals surface area (Å²) in [6.45, 7) is 6.00. The smallest absolute Gasteiger partial charge is 0.408 e. The van der Waals surface area contributed by atoms with E-state index in [9.17, 15) is 19.6 Å². The molecular formula is C26H31N9O4. The van der Waals surface area contributed by atoms with Gasteiger partial charge in [0.15, 0.2) is 5.82 Å². The average Bonchev–Trinajstić information content (AvgIpc) is 3.32. The van der Waals surface area contributed by atoms with Crippen LogP contribution in [0.2, 0.25) is 0 Å². The van der Waals surface area contributed by atoms with Crippen molar-refractivity contribution >= 4 is 23.6 Å². The van der Waals surface area contributed by atoms with Crippen molar-refractivity contribution in [1.82, 2.24) is 35.7 Å². The fourth-order valence-corrected chi connectivity index (χ4v) is 6.20. The van der Waals surface area contributed by atoms with Crippen molar-refractivity contribution in [1.29, 1.82) is 5.26 Å². The van der Waals surface area contributed by atoms with Crippen molar-refractivity contribution in [2.45, 2.75) is 75.8 Å². The lowest BCUT2D eigenvalue weighted by atomic mass is 10.1. The molecule has 3 saturated heterocycles. The van der Waals surface area contributed by atoms with Gasteiger partial charge < -0.3 is 19.9 Å². The predicted octanol–water partition coefficient (Wildman–Crippen LogP) is 1.06. The Labute approximate surface area is 225 Å². The molecule has 13 nitrogen and oxygen atoms in total. The Morgan fingerprint density at radius 3 is 2.64 bits per heavy atom. The number of amides is 3. The molecule has 3 amide bonds. The molecule has 6 atom stereocenters. The third kappa shape index (κ3) is 4.69. The number of hydrogen-bond donors (Lipinski definition) is 2. The summed E-state index contributed by atoms with van der Waals surface area (Å²) in [5.41, 5.74) is 0.869. The van der Waals surface area contributed by atoms with E-state index in [0.29, 0.717) is 31.1 Å². The first kappa shape index (κ1) is 25.2. The van der Waals surface area contributed by atoms with Gasteiger partial charge in [0.1, 0.15) is 17.7 Å². The van der Waals surface area contributed by atoms with Crippen LogP contribution in [0.1, 0.15) is 40.0 Å². The molecule has 1 saturated carbocycles. The number of aromatic nitrogens is 4. The largest absolute Gasteiger partial charge is 0.444 e. The number of likely N-dealkylation sites (tertiary alicyclic amines) is 2. The number of fused-ring (bicyclic) bond motifs is 3. The summed E-state index contributed by atoms with van der Waals surface area (Å²) in [6, 6.07) is 7.89. The molecule has 4 aliphatic rings. The standard InChI is InChI=1S/C26H31N9O4/c1-26(2,3)39-25(38)28-19(23(36)35-17(11-27)8-15-9-20(15)35)13-33-12-18-10-21(33)24(37)34(18)16-6-4-14(5-7-16)22-29-31-32-30-22/h4-7,15,17-21H,8-10,12-13H2,1-3H3,(H,28,38)(H,29,30,31,32)/t15-,17?,18+,19?,20+,21?/m1/s1. The van der Waals surface area contributed by atoms with Gasteiger partial charge in [-0.15, -0.1) is 5.10 Å². The number of anilines is 1. The first-order valence-electron chi connectivity index (χ1n) is 13.3. The molecular weight excluding hydrogens is 502 g/mol. The number of piperidine rings is 1. The number of H-pyrrole nitrogens is 1. The molecule has 2 N–H and O–H groups in total. The fraction of sp³-hybridized carbons (Fsp3) is 0.577. The lowest BCUT2D eigenvalue weighted by Gasteiger charge is -2.36. The Hall–Kier alpha value is -4.05. The molecule has 3 unspecified atom stereocenters. The molecule has 204 valence electrons. The van der Waals surface area contributed by atoms with Gasteiger partial charge in [-0.1, -0.05) is 0 Å². The number of carbonyl (C=O) groups is 3. The zero-order chi connectivity index (χ0) is 27.5. The molecule has 4 heterocycles. The topological polar surface area (TPSA) is 160 Å². The lowest BCUT2D eigenvalue weighted by Crippen LogP contribution is -2.59. The number of alkyl carbamates (subject to hydrolysis) is 1. The van der Waals surface area contributed by atoms with Crippen molar-refractivity contribution in [3.63, 3.8) is 0 Å². The highest BCUT2D eigenvalue weighted by atomic mass is 16.6. The number of nitrogens with one attached hydrogen (secondary N) is 2. The number of nitrogens with zero attached hydrogens (tertiary/aromatic N) is 7. The molecule has 1 aliphatic carbocycles. The van der Waals surface area contributed by atoms with Crippen LogP contribution in [0.5, 0.6) is 0 Å². The van der Waals surface area contributed by atoms with E-state index < -0.39 is 29.8 Å². The SMILES string of the molecule is CC(C)(C)OC(=O)NC(CN1C[C@@H]2CC1C(=O)N2c1ccc(-c2nnn[nH]2)cc1)C(=O)N1C(C#N)C[C@@H]2C[C@@H]21. The number of tetrazole rings is 1. The summed E-state index contributed by atoms with van der Waals surface area (Å²) in [7, 11) is 0. The van der Waals surface area contributed by atoms with E-state index in [4.69, 9.17) is 4.74 Å². The summed E-state index contributed by atoms with van der Waals surface area (Å²) < 4.78 is 5.44. The number of benzene rings is 1. The number of aromatic amines is 1. The third-order valence-electron chi connectivity index (χ3n) is 7.95. The van der Waals surface area contributed by atoms with Gasteiger partial charge in [-0.25, -0.2) is 9.89 Å². The zero-order valence-corrected chi connectivity index (χ0v) is 22.1. The highest BCUT2D eigenvalue weighted by molar-refractivity contribution is 6.01. The summed E-state index contributed by atoms with van der Waals surface area (Å²) in [5, 5.41) is 26.2. The Balaban J connectivity index is 1.17. The number of carbonyl (C=O) groups excluding carboxylic acids is 3. The monoisotopic (exact) mass is 533 g/mol. The number of hydrogen-bond acceptors (Lipinski definition) is 9. The van der Waals surface area contributed by atoms with Gasteiger partial charge in [-0.2, -0.15) is 5.26 Å². The first-order chi connectivity index (χ1) is 18.6. The van der Waals surface area contributed by atoms with E-state index in [-0.39, 0.29) is 30.4 Å². The van der Waals surface area contributed by atoms with Gasteiger partial charge in [0.25, 0.3) is 0 Å². The molecule has 4 fully saturated rings. The molecule has 2 aromatic rings. The second-order valence-electron chi connectivity index (χ2n) is 11.8. The van der Waals surface area contributed by atoms with Gasteiger partial charge in [0.05, 0.1) is 18.2 Å². The molecule has 6 rings (SSSR count). The van der Waals surface area contributed by atoms with Crippen LogP contribution in [0.3, 0.4) is 0 Å². The molecule has 1 aromatic heterocycles. The molecule has 0 spiro atoms. The summed E-state index contributed by atoms with van der Waals surface area (Å²) >= 11 is 0. The van der Waals surface area contributed by atoms with Gasteiger partial charge in [0, 0.05) is 30.4 Å². The number of piperazine rings is 1. The first-order valence-corrected chi connectivity index (χ1v) is 13.3. The maximum atomic E-state index is 13.7. The Bertz CT molecular complexity index is 1320. The van der Waals surface area contributed by atoms with Crippen molar-refractivity contribution in [3.05, 3.63) is 24.3 Å². The van der Waals surface area contributed by atoms with E-state index in [2.05, 4.69) is 32.0 Å². The molecule has 3 aliphatic heterocycles. The van der Waals surface area contributed by atoms with Crippen molar-refractivity contribution < 1.29 is 19.1 Å². The number of rotatable bonds is 6. The summed E-state index contributed by atoms with van der Waals surface area (Å²) in [5.74, 6) is 0.568. The van der Waals surface area contributed by atoms with E-state index in [0.717, 1.165) is 17.7 Å². The Kier molecular flexibility index (Phi) is 6.02.